The Kier molecular flexibility index (Phi) is 5.41. The molecule has 0 aliphatic rings. The number of nitrogen functional groups attached to an aromatic ring is 1. The fourth-order valence-corrected chi connectivity index (χ4v) is 2.14. The number of hydrogen-bond donors (Lipinski definition) is 2. The number of aromatic nitrogens is 1. The van der Waals surface area contributed by atoms with E-state index >= 15 is 0 Å². The van der Waals surface area contributed by atoms with E-state index in [1.165, 1.54) is 6.20 Å². The predicted octanol–water partition coefficient (Wildman–Crippen LogP) is 2.87. The smallest absolute Gasteiger partial charge is 0.253 e. The van der Waals surface area contributed by atoms with E-state index in [1.807, 2.05) is 6.92 Å². The van der Waals surface area contributed by atoms with Gasteiger partial charge < -0.3 is 11.1 Å². The number of anilines is 1. The Hall–Kier alpha value is -1.29. The lowest BCUT2D eigenvalue weighted by Gasteiger charge is -2.22. The normalized spacial score (nSPS) is 12.5. The van der Waals surface area contributed by atoms with Crippen molar-refractivity contribution in [1.82, 2.24) is 10.3 Å². The molecular formula is C13H20ClN3O. The van der Waals surface area contributed by atoms with E-state index < -0.39 is 0 Å². The molecule has 1 heterocycles. The summed E-state index contributed by atoms with van der Waals surface area (Å²) in [5.74, 6) is 0.552. The second kappa shape index (κ2) is 6.59. The first kappa shape index (κ1) is 14.8. The summed E-state index contributed by atoms with van der Waals surface area (Å²) in [6, 6.07) is 1.67. The molecule has 1 rings (SSSR count). The molecule has 0 aliphatic carbocycles. The number of pyridine rings is 1. The molecule has 18 heavy (non-hydrogen) atoms. The molecule has 0 fully saturated rings. The fraction of sp³-hybridized carbons (Fsp3) is 0.538. The van der Waals surface area contributed by atoms with Crippen LogP contribution in [-0.2, 0) is 0 Å². The highest BCUT2D eigenvalue weighted by Gasteiger charge is 2.17. The second-order valence-corrected chi connectivity index (χ2v) is 4.84. The minimum atomic E-state index is -0.163. The molecule has 0 aliphatic heterocycles. The van der Waals surface area contributed by atoms with Crippen LogP contribution in [0.5, 0.6) is 0 Å². The van der Waals surface area contributed by atoms with Gasteiger partial charge in [-0.3, -0.25) is 4.79 Å². The molecule has 1 atom stereocenters. The van der Waals surface area contributed by atoms with Crippen LogP contribution in [0.25, 0.3) is 0 Å². The number of carbonyl (C=O) groups excluding carboxylic acids is 1. The zero-order chi connectivity index (χ0) is 13.7. The Labute approximate surface area is 113 Å². The molecule has 0 spiro atoms. The number of nitrogens with one attached hydrogen (secondary N) is 1. The highest BCUT2D eigenvalue weighted by atomic mass is 35.5. The standard InChI is InChI=1S/C13H20ClN3O/c1-4-9(5-2)8(3)17-13(18)10-6-11(14)12(15)16-7-10/h6-9H,4-5H2,1-3H3,(H2,15,16)(H,17,18). The van der Waals surface area contributed by atoms with Crippen LogP contribution < -0.4 is 11.1 Å². The van der Waals surface area contributed by atoms with Gasteiger partial charge in [0.2, 0.25) is 0 Å². The summed E-state index contributed by atoms with van der Waals surface area (Å²) in [6.45, 7) is 6.26. The quantitative estimate of drug-likeness (QED) is 0.864. The molecule has 4 nitrogen and oxygen atoms in total. The number of hydrogen-bond acceptors (Lipinski definition) is 3. The van der Waals surface area contributed by atoms with Crippen molar-refractivity contribution in [1.29, 1.82) is 0 Å². The summed E-state index contributed by atoms with van der Waals surface area (Å²) in [6.07, 6.45) is 3.52. The Bertz CT molecular complexity index is 419. The van der Waals surface area contributed by atoms with Crippen LogP contribution in [0.2, 0.25) is 5.02 Å². The predicted molar refractivity (Wildman–Crippen MR) is 74.7 cm³/mol. The maximum Gasteiger partial charge on any atom is 0.253 e. The highest BCUT2D eigenvalue weighted by molar-refractivity contribution is 6.33. The van der Waals surface area contributed by atoms with Crippen LogP contribution >= 0.6 is 11.6 Å². The van der Waals surface area contributed by atoms with Crippen molar-refractivity contribution in [2.45, 2.75) is 39.7 Å². The molecule has 1 aromatic heterocycles. The number of rotatable bonds is 5. The van der Waals surface area contributed by atoms with Crippen molar-refractivity contribution in [2.24, 2.45) is 5.92 Å². The van der Waals surface area contributed by atoms with Crippen molar-refractivity contribution in [3.8, 4) is 0 Å². The molecule has 0 saturated heterocycles. The van der Waals surface area contributed by atoms with Crippen LogP contribution in [0.15, 0.2) is 12.3 Å². The summed E-state index contributed by atoms with van der Waals surface area (Å²) < 4.78 is 0. The SMILES string of the molecule is CCC(CC)C(C)NC(=O)c1cnc(N)c(Cl)c1. The third-order valence-electron chi connectivity index (χ3n) is 3.25. The van der Waals surface area contributed by atoms with Crippen LogP contribution in [0.4, 0.5) is 5.82 Å². The van der Waals surface area contributed by atoms with Gasteiger partial charge in [-0.25, -0.2) is 4.98 Å². The van der Waals surface area contributed by atoms with Crippen LogP contribution in [0, 0.1) is 5.92 Å². The minimum absolute atomic E-state index is 0.129. The van der Waals surface area contributed by atoms with Gasteiger partial charge in [0.25, 0.3) is 5.91 Å². The summed E-state index contributed by atoms with van der Waals surface area (Å²) >= 11 is 5.84. The van der Waals surface area contributed by atoms with E-state index in [0.717, 1.165) is 12.8 Å². The monoisotopic (exact) mass is 269 g/mol. The molecule has 0 radical (unpaired) electrons. The average molecular weight is 270 g/mol. The van der Waals surface area contributed by atoms with Gasteiger partial charge in [0, 0.05) is 12.2 Å². The van der Waals surface area contributed by atoms with E-state index in [9.17, 15) is 4.79 Å². The lowest BCUT2D eigenvalue weighted by Crippen LogP contribution is -2.37. The van der Waals surface area contributed by atoms with Gasteiger partial charge in [-0.15, -0.1) is 0 Å². The van der Waals surface area contributed by atoms with Gasteiger partial charge in [0.05, 0.1) is 10.6 Å². The molecule has 0 saturated carbocycles. The van der Waals surface area contributed by atoms with E-state index in [-0.39, 0.29) is 17.8 Å². The minimum Gasteiger partial charge on any atom is -0.382 e. The maximum absolute atomic E-state index is 12.0. The molecule has 5 heteroatoms. The van der Waals surface area contributed by atoms with E-state index in [0.29, 0.717) is 16.5 Å². The third-order valence-corrected chi connectivity index (χ3v) is 3.55. The lowest BCUT2D eigenvalue weighted by molar-refractivity contribution is 0.0925. The van der Waals surface area contributed by atoms with Crippen molar-refractivity contribution in [2.75, 3.05) is 5.73 Å². The average Bonchev–Trinajstić information content (AvgIpc) is 2.34. The highest BCUT2D eigenvalue weighted by Crippen LogP contribution is 2.17. The molecule has 0 bridgehead atoms. The Morgan fingerprint density at radius 2 is 2.11 bits per heavy atom. The number of halogens is 1. The van der Waals surface area contributed by atoms with Gasteiger partial charge in [-0.05, 0) is 18.9 Å². The van der Waals surface area contributed by atoms with Gasteiger partial charge >= 0.3 is 0 Å². The summed E-state index contributed by atoms with van der Waals surface area (Å²) in [4.78, 5) is 15.9. The number of nitrogens with two attached hydrogens (primary N) is 1. The van der Waals surface area contributed by atoms with Crippen molar-refractivity contribution in [3.05, 3.63) is 22.8 Å². The van der Waals surface area contributed by atoms with E-state index in [2.05, 4.69) is 24.1 Å². The third kappa shape index (κ3) is 3.60. The molecule has 100 valence electrons. The van der Waals surface area contributed by atoms with E-state index in [1.54, 1.807) is 6.07 Å². The lowest BCUT2D eigenvalue weighted by atomic mass is 9.95. The van der Waals surface area contributed by atoms with Crippen LogP contribution in [-0.4, -0.2) is 16.9 Å². The maximum atomic E-state index is 12.0. The fourth-order valence-electron chi connectivity index (χ4n) is 1.98. The van der Waals surface area contributed by atoms with Gasteiger partial charge in [-0.2, -0.15) is 0 Å². The molecule has 1 unspecified atom stereocenters. The summed E-state index contributed by atoms with van der Waals surface area (Å²) in [5.41, 5.74) is 5.94. The largest absolute Gasteiger partial charge is 0.382 e. The first-order valence-electron chi connectivity index (χ1n) is 6.21. The summed E-state index contributed by atoms with van der Waals surface area (Å²) in [5, 5.41) is 3.27. The molecule has 0 aromatic carbocycles. The zero-order valence-corrected chi connectivity index (χ0v) is 11.8. The van der Waals surface area contributed by atoms with Crippen LogP contribution in [0.3, 0.4) is 0 Å². The number of carbonyl (C=O) groups is 1. The van der Waals surface area contributed by atoms with Gasteiger partial charge in [0.15, 0.2) is 0 Å². The molecular weight excluding hydrogens is 250 g/mol. The van der Waals surface area contributed by atoms with Crippen molar-refractivity contribution >= 4 is 23.3 Å². The first-order valence-corrected chi connectivity index (χ1v) is 6.59. The Morgan fingerprint density at radius 1 is 1.50 bits per heavy atom. The summed E-state index contributed by atoms with van der Waals surface area (Å²) in [7, 11) is 0. The molecule has 1 amide bonds. The number of amides is 1. The zero-order valence-electron chi connectivity index (χ0n) is 11.0. The van der Waals surface area contributed by atoms with Gasteiger partial charge in [-0.1, -0.05) is 38.3 Å². The first-order chi connectivity index (χ1) is 8.49. The van der Waals surface area contributed by atoms with Gasteiger partial charge in [0.1, 0.15) is 5.82 Å². The Morgan fingerprint density at radius 3 is 2.61 bits per heavy atom. The van der Waals surface area contributed by atoms with Crippen molar-refractivity contribution in [3.63, 3.8) is 0 Å². The molecule has 1 aromatic rings. The second-order valence-electron chi connectivity index (χ2n) is 4.43. The van der Waals surface area contributed by atoms with E-state index in [4.69, 9.17) is 17.3 Å². The topological polar surface area (TPSA) is 68.0 Å². The van der Waals surface area contributed by atoms with Crippen LogP contribution in [0.1, 0.15) is 44.0 Å². The van der Waals surface area contributed by atoms with Crippen molar-refractivity contribution < 1.29 is 4.79 Å². The number of nitrogens with zero attached hydrogens (tertiary/aromatic N) is 1. The molecule has 3 N–H and O–H groups in total. The Balaban J connectivity index is 2.73.